The molecular weight excluding hydrogens is 389 g/mol. The molecule has 1 aromatic rings. The van der Waals surface area contributed by atoms with Crippen molar-refractivity contribution in [2.75, 3.05) is 18.5 Å². The minimum absolute atomic E-state index is 0. The lowest BCUT2D eigenvalue weighted by molar-refractivity contribution is 0.106. The highest BCUT2D eigenvalue weighted by Gasteiger charge is 2.14. The maximum atomic E-state index is 6.04. The molecule has 1 unspecified atom stereocenters. The molecule has 1 aliphatic rings. The van der Waals surface area contributed by atoms with E-state index in [2.05, 4.69) is 42.4 Å². The molecule has 22 heavy (non-hydrogen) atoms. The van der Waals surface area contributed by atoms with Crippen LogP contribution in [0.25, 0.3) is 0 Å². The smallest absolute Gasteiger partial charge is 0.193 e. The van der Waals surface area contributed by atoms with Gasteiger partial charge < -0.3 is 15.8 Å². The van der Waals surface area contributed by atoms with Crippen LogP contribution in [0.5, 0.6) is 0 Å². The van der Waals surface area contributed by atoms with Crippen molar-refractivity contribution < 1.29 is 4.74 Å². The van der Waals surface area contributed by atoms with Gasteiger partial charge in [-0.3, -0.25) is 4.99 Å². The van der Waals surface area contributed by atoms with Crippen molar-refractivity contribution in [3.8, 4) is 0 Å². The van der Waals surface area contributed by atoms with Crippen LogP contribution in [-0.4, -0.2) is 25.2 Å². The summed E-state index contributed by atoms with van der Waals surface area (Å²) in [7, 11) is 0. The topological polar surface area (TPSA) is 59.6 Å². The van der Waals surface area contributed by atoms with Crippen molar-refractivity contribution in [3.63, 3.8) is 0 Å². The number of anilines is 1. The van der Waals surface area contributed by atoms with E-state index in [1.807, 2.05) is 0 Å². The second-order valence-corrected chi connectivity index (χ2v) is 5.47. The summed E-state index contributed by atoms with van der Waals surface area (Å²) < 4.78 is 5.60. The number of benzene rings is 1. The SMILES string of the molecule is CCc1cccc(CC)c1NC(N)=NCCC1CCCO1.I. The van der Waals surface area contributed by atoms with Crippen LogP contribution in [0.1, 0.15) is 44.2 Å². The second-order valence-electron chi connectivity index (χ2n) is 5.47. The summed E-state index contributed by atoms with van der Waals surface area (Å²) >= 11 is 0. The van der Waals surface area contributed by atoms with Crippen LogP contribution in [0.2, 0.25) is 0 Å². The van der Waals surface area contributed by atoms with E-state index in [-0.39, 0.29) is 24.0 Å². The highest BCUT2D eigenvalue weighted by atomic mass is 127. The van der Waals surface area contributed by atoms with Gasteiger partial charge in [0.2, 0.25) is 0 Å². The van der Waals surface area contributed by atoms with Gasteiger partial charge in [-0.15, -0.1) is 24.0 Å². The number of guanidine groups is 1. The number of para-hydroxylation sites is 1. The standard InChI is InChI=1S/C17H27N3O.HI/c1-3-13-7-5-8-14(4-2)16(13)20-17(18)19-11-10-15-9-6-12-21-15;/h5,7-8,15H,3-4,6,9-12H2,1-2H3,(H3,18,19,20);1H. The lowest BCUT2D eigenvalue weighted by Gasteiger charge is -2.15. The number of halogens is 1. The highest BCUT2D eigenvalue weighted by Crippen LogP contribution is 2.22. The van der Waals surface area contributed by atoms with E-state index in [1.54, 1.807) is 0 Å². The van der Waals surface area contributed by atoms with E-state index in [0.29, 0.717) is 12.1 Å². The molecule has 0 bridgehead atoms. The Balaban J connectivity index is 0.00000242. The van der Waals surface area contributed by atoms with Crippen molar-refractivity contribution in [2.45, 2.75) is 52.1 Å². The van der Waals surface area contributed by atoms with Gasteiger partial charge in [0.25, 0.3) is 0 Å². The molecule has 1 atom stereocenters. The number of aryl methyl sites for hydroxylation is 2. The summed E-state index contributed by atoms with van der Waals surface area (Å²) in [5, 5.41) is 3.29. The molecule has 1 aliphatic heterocycles. The number of nitrogens with two attached hydrogens (primary N) is 1. The normalized spacial score (nSPS) is 18.1. The molecular formula is C17H28IN3O. The third kappa shape index (κ3) is 5.43. The van der Waals surface area contributed by atoms with Crippen LogP contribution in [0.4, 0.5) is 5.69 Å². The predicted molar refractivity (Wildman–Crippen MR) is 104 cm³/mol. The van der Waals surface area contributed by atoms with Crippen LogP contribution >= 0.6 is 24.0 Å². The molecule has 1 fully saturated rings. The summed E-state index contributed by atoms with van der Waals surface area (Å²) in [4.78, 5) is 4.44. The summed E-state index contributed by atoms with van der Waals surface area (Å²) in [5.74, 6) is 0.503. The van der Waals surface area contributed by atoms with Crippen molar-refractivity contribution in [2.24, 2.45) is 10.7 Å². The maximum absolute atomic E-state index is 6.04. The van der Waals surface area contributed by atoms with Crippen LogP contribution in [-0.2, 0) is 17.6 Å². The summed E-state index contributed by atoms with van der Waals surface area (Å²) in [5.41, 5.74) is 9.73. The van der Waals surface area contributed by atoms with Crippen molar-refractivity contribution in [1.29, 1.82) is 0 Å². The van der Waals surface area contributed by atoms with E-state index >= 15 is 0 Å². The number of rotatable bonds is 6. The number of hydrogen-bond donors (Lipinski definition) is 2. The highest BCUT2D eigenvalue weighted by molar-refractivity contribution is 14.0. The molecule has 124 valence electrons. The fourth-order valence-electron chi connectivity index (χ4n) is 2.77. The van der Waals surface area contributed by atoms with E-state index in [0.717, 1.165) is 44.5 Å². The average Bonchev–Trinajstić information content (AvgIpc) is 3.00. The molecule has 0 aliphatic carbocycles. The lowest BCUT2D eigenvalue weighted by atomic mass is 10.0. The van der Waals surface area contributed by atoms with Gasteiger partial charge in [-0.2, -0.15) is 0 Å². The first-order chi connectivity index (χ1) is 10.2. The first-order valence-corrected chi connectivity index (χ1v) is 8.03. The Labute approximate surface area is 150 Å². The Hall–Kier alpha value is -0.820. The predicted octanol–water partition coefficient (Wildman–Crippen LogP) is 3.73. The van der Waals surface area contributed by atoms with Gasteiger partial charge in [-0.1, -0.05) is 32.0 Å². The lowest BCUT2D eigenvalue weighted by Crippen LogP contribution is -2.24. The quantitative estimate of drug-likeness (QED) is 0.421. The third-order valence-electron chi connectivity index (χ3n) is 4.01. The Morgan fingerprint density at radius 3 is 2.55 bits per heavy atom. The fourth-order valence-corrected chi connectivity index (χ4v) is 2.77. The molecule has 0 amide bonds. The first-order valence-electron chi connectivity index (χ1n) is 8.03. The van der Waals surface area contributed by atoms with Gasteiger partial charge in [-0.25, -0.2) is 0 Å². The monoisotopic (exact) mass is 417 g/mol. The Morgan fingerprint density at radius 1 is 1.32 bits per heavy atom. The number of nitrogens with one attached hydrogen (secondary N) is 1. The number of hydrogen-bond acceptors (Lipinski definition) is 2. The molecule has 0 spiro atoms. The zero-order valence-corrected chi connectivity index (χ0v) is 15.9. The third-order valence-corrected chi connectivity index (χ3v) is 4.01. The minimum atomic E-state index is 0. The molecule has 4 nitrogen and oxygen atoms in total. The number of ether oxygens (including phenoxy) is 1. The summed E-state index contributed by atoms with van der Waals surface area (Å²) in [6.45, 7) is 5.93. The van der Waals surface area contributed by atoms with Crippen molar-refractivity contribution in [3.05, 3.63) is 29.3 Å². The maximum Gasteiger partial charge on any atom is 0.193 e. The number of nitrogens with zero attached hydrogens (tertiary/aromatic N) is 1. The molecule has 5 heteroatoms. The Kier molecular flexibility index (Phi) is 8.78. The van der Waals surface area contributed by atoms with Gasteiger partial charge in [0.05, 0.1) is 6.10 Å². The number of aliphatic imine (C=N–C) groups is 1. The molecule has 1 heterocycles. The Bertz CT molecular complexity index is 463. The molecule has 1 saturated heterocycles. The second kappa shape index (κ2) is 10.0. The van der Waals surface area contributed by atoms with Crippen LogP contribution in [0.15, 0.2) is 23.2 Å². The zero-order valence-electron chi connectivity index (χ0n) is 13.6. The molecule has 3 N–H and O–H groups in total. The van der Waals surface area contributed by atoms with Gasteiger partial charge in [0.15, 0.2) is 5.96 Å². The van der Waals surface area contributed by atoms with Gasteiger partial charge in [0.1, 0.15) is 0 Å². The van der Waals surface area contributed by atoms with Crippen LogP contribution in [0.3, 0.4) is 0 Å². The summed E-state index contributed by atoms with van der Waals surface area (Å²) in [6.07, 6.45) is 5.63. The van der Waals surface area contributed by atoms with E-state index in [4.69, 9.17) is 10.5 Å². The minimum Gasteiger partial charge on any atom is -0.378 e. The van der Waals surface area contributed by atoms with Gasteiger partial charge in [0, 0.05) is 18.8 Å². The van der Waals surface area contributed by atoms with E-state index in [9.17, 15) is 0 Å². The largest absolute Gasteiger partial charge is 0.378 e. The Morgan fingerprint density at radius 2 is 2.00 bits per heavy atom. The van der Waals surface area contributed by atoms with Gasteiger partial charge in [-0.05, 0) is 43.2 Å². The molecule has 2 rings (SSSR count). The molecule has 0 radical (unpaired) electrons. The molecule has 0 saturated carbocycles. The fraction of sp³-hybridized carbons (Fsp3) is 0.588. The van der Waals surface area contributed by atoms with Gasteiger partial charge >= 0.3 is 0 Å². The van der Waals surface area contributed by atoms with E-state index in [1.165, 1.54) is 17.5 Å². The summed E-state index contributed by atoms with van der Waals surface area (Å²) in [6, 6.07) is 6.38. The zero-order chi connectivity index (χ0) is 15.1. The first kappa shape index (κ1) is 19.2. The van der Waals surface area contributed by atoms with Crippen molar-refractivity contribution in [1.82, 2.24) is 0 Å². The van der Waals surface area contributed by atoms with E-state index < -0.39 is 0 Å². The van der Waals surface area contributed by atoms with Crippen LogP contribution in [0, 0.1) is 0 Å². The van der Waals surface area contributed by atoms with Crippen LogP contribution < -0.4 is 11.1 Å². The molecule has 1 aromatic carbocycles. The molecule has 0 aromatic heterocycles. The average molecular weight is 417 g/mol. The van der Waals surface area contributed by atoms with Crippen molar-refractivity contribution >= 4 is 35.6 Å².